The number of carbonyl (C=O) groups is 1. The molecule has 0 radical (unpaired) electrons. The number of aromatic nitrogens is 1. The van der Waals surface area contributed by atoms with Crippen LogP contribution in [0.2, 0.25) is 5.02 Å². The van der Waals surface area contributed by atoms with Crippen LogP contribution in [-0.4, -0.2) is 17.7 Å². The summed E-state index contributed by atoms with van der Waals surface area (Å²) in [6.07, 6.45) is 2.61. The van der Waals surface area contributed by atoms with Gasteiger partial charge in [0.05, 0.1) is 12.3 Å². The molecule has 0 fully saturated rings. The normalized spacial score (nSPS) is 10.7. The third-order valence-electron chi connectivity index (χ3n) is 3.36. The van der Waals surface area contributed by atoms with Gasteiger partial charge in [-0.2, -0.15) is 0 Å². The molecule has 0 atom stereocenters. The Labute approximate surface area is 135 Å². The van der Waals surface area contributed by atoms with E-state index in [2.05, 4.69) is 11.2 Å². The molecule has 0 saturated carbocycles. The number of esters is 1. The molecule has 0 aliphatic heterocycles. The van der Waals surface area contributed by atoms with Gasteiger partial charge in [0.15, 0.2) is 0 Å². The highest BCUT2D eigenvalue weighted by atomic mass is 35.5. The summed E-state index contributed by atoms with van der Waals surface area (Å²) in [7, 11) is 0. The van der Waals surface area contributed by atoms with Crippen molar-refractivity contribution in [3.63, 3.8) is 0 Å². The largest absolute Gasteiger partial charge is 0.466 e. The van der Waals surface area contributed by atoms with E-state index in [9.17, 15) is 4.79 Å². The van der Waals surface area contributed by atoms with E-state index in [0.717, 1.165) is 40.4 Å². The molecule has 1 aromatic carbocycles. The van der Waals surface area contributed by atoms with E-state index in [-0.39, 0.29) is 5.97 Å². The summed E-state index contributed by atoms with van der Waals surface area (Å²) in [6, 6.07) is 7.81. The second-order valence-electron chi connectivity index (χ2n) is 5.16. The number of carbonyl (C=O) groups excluding carboxylic acids is 1. The van der Waals surface area contributed by atoms with Crippen LogP contribution >= 0.6 is 11.6 Å². The third kappa shape index (κ3) is 4.88. The van der Waals surface area contributed by atoms with Crippen molar-refractivity contribution in [3.8, 4) is 0 Å². The lowest BCUT2D eigenvalue weighted by molar-refractivity contribution is -0.143. The van der Waals surface area contributed by atoms with Gasteiger partial charge >= 0.3 is 5.97 Å². The van der Waals surface area contributed by atoms with Gasteiger partial charge in [-0.05, 0) is 50.3 Å². The van der Waals surface area contributed by atoms with Crippen LogP contribution in [0.5, 0.6) is 0 Å². The maximum Gasteiger partial charge on any atom is 0.306 e. The highest BCUT2D eigenvalue weighted by molar-refractivity contribution is 6.31. The van der Waals surface area contributed by atoms with Crippen LogP contribution in [0.25, 0.3) is 0 Å². The number of hydrogen-bond acceptors (Lipinski definition) is 4. The maximum absolute atomic E-state index is 11.4. The van der Waals surface area contributed by atoms with E-state index in [1.807, 2.05) is 32.0 Å². The van der Waals surface area contributed by atoms with E-state index in [1.54, 1.807) is 0 Å². The second-order valence-corrected chi connectivity index (χ2v) is 5.57. The SMILES string of the molecule is CCOC(=O)CCc1ccc(Cl)c(CCc2cc(C)on2)c1. The summed E-state index contributed by atoms with van der Waals surface area (Å²) < 4.78 is 10.0. The smallest absolute Gasteiger partial charge is 0.306 e. The van der Waals surface area contributed by atoms with Crippen molar-refractivity contribution >= 4 is 17.6 Å². The molecule has 2 aromatic rings. The zero-order chi connectivity index (χ0) is 15.9. The Balaban J connectivity index is 1.95. The van der Waals surface area contributed by atoms with Gasteiger partial charge in [0.2, 0.25) is 0 Å². The molecule has 22 heavy (non-hydrogen) atoms. The molecule has 1 heterocycles. The number of aryl methyl sites for hydroxylation is 4. The molecular formula is C17H20ClNO3. The van der Waals surface area contributed by atoms with E-state index in [1.165, 1.54) is 0 Å². The summed E-state index contributed by atoms with van der Waals surface area (Å²) in [5.41, 5.74) is 3.07. The lowest BCUT2D eigenvalue weighted by atomic mass is 10.0. The number of halogens is 1. The van der Waals surface area contributed by atoms with Crippen LogP contribution in [0.3, 0.4) is 0 Å². The molecule has 4 nitrogen and oxygen atoms in total. The molecule has 118 valence electrons. The molecule has 0 saturated heterocycles. The zero-order valence-electron chi connectivity index (χ0n) is 12.9. The fraction of sp³-hybridized carbons (Fsp3) is 0.412. The monoisotopic (exact) mass is 321 g/mol. The van der Waals surface area contributed by atoms with E-state index in [4.69, 9.17) is 20.9 Å². The first-order valence-electron chi connectivity index (χ1n) is 7.43. The molecule has 0 aliphatic rings. The second kappa shape index (κ2) is 7.99. The van der Waals surface area contributed by atoms with Crippen LogP contribution in [0.1, 0.15) is 35.9 Å². The minimum atomic E-state index is -0.169. The number of rotatable bonds is 7. The third-order valence-corrected chi connectivity index (χ3v) is 3.73. The minimum Gasteiger partial charge on any atom is -0.466 e. The van der Waals surface area contributed by atoms with Crippen molar-refractivity contribution in [2.75, 3.05) is 6.61 Å². The summed E-state index contributed by atoms with van der Waals surface area (Å²) >= 11 is 6.24. The molecule has 0 amide bonds. The number of hydrogen-bond donors (Lipinski definition) is 0. The lowest BCUT2D eigenvalue weighted by Gasteiger charge is -2.07. The Morgan fingerprint density at radius 2 is 2.09 bits per heavy atom. The zero-order valence-corrected chi connectivity index (χ0v) is 13.7. The average Bonchev–Trinajstić information content (AvgIpc) is 2.91. The summed E-state index contributed by atoms with van der Waals surface area (Å²) in [5, 5.41) is 4.72. The van der Waals surface area contributed by atoms with Crippen molar-refractivity contribution in [1.29, 1.82) is 0 Å². The molecule has 1 aromatic heterocycles. The van der Waals surface area contributed by atoms with E-state index >= 15 is 0 Å². The molecule has 2 rings (SSSR count). The first-order chi connectivity index (χ1) is 10.6. The number of benzene rings is 1. The number of ether oxygens (including phenoxy) is 1. The van der Waals surface area contributed by atoms with E-state index in [0.29, 0.717) is 19.4 Å². The first-order valence-corrected chi connectivity index (χ1v) is 7.81. The fourth-order valence-corrected chi connectivity index (χ4v) is 2.47. The van der Waals surface area contributed by atoms with Crippen LogP contribution < -0.4 is 0 Å². The van der Waals surface area contributed by atoms with Gasteiger partial charge in [0, 0.05) is 17.5 Å². The Morgan fingerprint density at radius 1 is 1.27 bits per heavy atom. The highest BCUT2D eigenvalue weighted by Gasteiger charge is 2.07. The summed E-state index contributed by atoms with van der Waals surface area (Å²) in [4.78, 5) is 11.4. The Kier molecular flexibility index (Phi) is 6.01. The van der Waals surface area contributed by atoms with Gasteiger partial charge in [-0.1, -0.05) is 28.9 Å². The molecular weight excluding hydrogens is 302 g/mol. The van der Waals surface area contributed by atoms with Gasteiger partial charge in [0.1, 0.15) is 5.76 Å². The van der Waals surface area contributed by atoms with Gasteiger partial charge in [-0.25, -0.2) is 0 Å². The maximum atomic E-state index is 11.4. The highest BCUT2D eigenvalue weighted by Crippen LogP contribution is 2.20. The molecule has 0 bridgehead atoms. The molecule has 5 heteroatoms. The molecule has 0 N–H and O–H groups in total. The van der Waals surface area contributed by atoms with Gasteiger partial charge < -0.3 is 9.26 Å². The number of nitrogens with zero attached hydrogens (tertiary/aromatic N) is 1. The molecule has 0 aliphatic carbocycles. The van der Waals surface area contributed by atoms with Gasteiger partial charge in [-0.3, -0.25) is 4.79 Å². The Morgan fingerprint density at radius 3 is 2.77 bits per heavy atom. The Bertz CT molecular complexity index is 637. The summed E-state index contributed by atoms with van der Waals surface area (Å²) in [6.45, 7) is 4.10. The molecule has 0 spiro atoms. The van der Waals surface area contributed by atoms with Crippen LogP contribution in [0.15, 0.2) is 28.8 Å². The van der Waals surface area contributed by atoms with Crippen molar-refractivity contribution in [3.05, 3.63) is 51.9 Å². The van der Waals surface area contributed by atoms with Crippen LogP contribution in [0, 0.1) is 6.92 Å². The fourth-order valence-electron chi connectivity index (χ4n) is 2.25. The van der Waals surface area contributed by atoms with Crippen LogP contribution in [0.4, 0.5) is 0 Å². The Hall–Kier alpha value is -1.81. The first kappa shape index (κ1) is 16.6. The topological polar surface area (TPSA) is 52.3 Å². The quantitative estimate of drug-likeness (QED) is 0.725. The lowest BCUT2D eigenvalue weighted by Crippen LogP contribution is -2.05. The summed E-state index contributed by atoms with van der Waals surface area (Å²) in [5.74, 6) is 0.640. The predicted molar refractivity (Wildman–Crippen MR) is 85.1 cm³/mol. The van der Waals surface area contributed by atoms with Crippen LogP contribution in [-0.2, 0) is 28.8 Å². The minimum absolute atomic E-state index is 0.169. The predicted octanol–water partition coefficient (Wildman–Crippen LogP) is 3.92. The van der Waals surface area contributed by atoms with E-state index < -0.39 is 0 Å². The standard InChI is InChI=1S/C17H20ClNO3/c1-3-21-17(20)9-5-13-4-8-16(18)14(11-13)6-7-15-10-12(2)22-19-15/h4,8,10-11H,3,5-7,9H2,1-2H3. The average molecular weight is 322 g/mol. The van der Waals surface area contributed by atoms with Crippen molar-refractivity contribution in [1.82, 2.24) is 5.16 Å². The van der Waals surface area contributed by atoms with Gasteiger partial charge in [-0.15, -0.1) is 0 Å². The van der Waals surface area contributed by atoms with Crippen molar-refractivity contribution in [2.45, 2.75) is 39.5 Å². The van der Waals surface area contributed by atoms with Crippen molar-refractivity contribution < 1.29 is 14.1 Å². The van der Waals surface area contributed by atoms with Crippen molar-refractivity contribution in [2.24, 2.45) is 0 Å². The van der Waals surface area contributed by atoms with Gasteiger partial charge in [0.25, 0.3) is 0 Å². The molecule has 0 unspecified atom stereocenters.